The Morgan fingerprint density at radius 2 is 1.94 bits per heavy atom. The van der Waals surface area contributed by atoms with Gasteiger partial charge in [-0.05, 0) is 31.9 Å². The zero-order chi connectivity index (χ0) is 13.0. The maximum Gasteiger partial charge on any atom is 0.350 e. The standard InChI is InChI=1S/C15H18ClFI/c1-12-4-6-14(7-5-12)18-11-13(16)10-15(17)8-2-3-9-15/h4-7,11H,2-3,8-10H2,1H3/q+1/b13-11+. The molecule has 0 aromatic heterocycles. The molecule has 0 aliphatic heterocycles. The second-order valence-electron chi connectivity index (χ2n) is 5.00. The predicted octanol–water partition coefficient (Wildman–Crippen LogP) is 2.01. The van der Waals surface area contributed by atoms with Crippen LogP contribution >= 0.6 is 11.6 Å². The average Bonchev–Trinajstić information content (AvgIpc) is 2.75. The number of hydrogen-bond acceptors (Lipinski definition) is 0. The fourth-order valence-corrected chi connectivity index (χ4v) is 4.46. The van der Waals surface area contributed by atoms with Gasteiger partial charge in [-0.3, -0.25) is 0 Å². The average molecular weight is 380 g/mol. The van der Waals surface area contributed by atoms with Gasteiger partial charge in [-0.25, -0.2) is 4.39 Å². The molecule has 0 unspecified atom stereocenters. The zero-order valence-corrected chi connectivity index (χ0v) is 13.5. The van der Waals surface area contributed by atoms with E-state index in [1.807, 2.05) is 0 Å². The third-order valence-corrected chi connectivity index (χ3v) is 6.41. The monoisotopic (exact) mass is 379 g/mol. The van der Waals surface area contributed by atoms with E-state index in [4.69, 9.17) is 11.6 Å². The lowest BCUT2D eigenvalue weighted by Gasteiger charge is -2.16. The summed E-state index contributed by atoms with van der Waals surface area (Å²) in [6.07, 6.45) is 3.79. The maximum absolute atomic E-state index is 14.2. The molecular formula is C15H18ClFI+. The van der Waals surface area contributed by atoms with Crippen molar-refractivity contribution in [2.24, 2.45) is 0 Å². The molecule has 1 aromatic rings. The zero-order valence-electron chi connectivity index (χ0n) is 10.6. The van der Waals surface area contributed by atoms with Crippen LogP contribution in [0.4, 0.5) is 4.39 Å². The maximum atomic E-state index is 14.2. The van der Waals surface area contributed by atoms with Gasteiger partial charge in [-0.2, -0.15) is 0 Å². The summed E-state index contributed by atoms with van der Waals surface area (Å²) in [5, 5.41) is 0.716. The van der Waals surface area contributed by atoms with Crippen molar-refractivity contribution in [2.45, 2.75) is 44.7 Å². The number of halogens is 3. The van der Waals surface area contributed by atoms with E-state index >= 15 is 0 Å². The fourth-order valence-electron chi connectivity index (χ4n) is 2.25. The topological polar surface area (TPSA) is 0 Å². The van der Waals surface area contributed by atoms with E-state index in [0.717, 1.165) is 12.8 Å². The molecule has 0 bridgehead atoms. The van der Waals surface area contributed by atoms with E-state index < -0.39 is 5.67 Å². The first kappa shape index (κ1) is 14.3. The van der Waals surface area contributed by atoms with Crippen LogP contribution in [0.25, 0.3) is 0 Å². The third kappa shape index (κ3) is 4.23. The van der Waals surface area contributed by atoms with Gasteiger partial charge >= 0.3 is 21.2 Å². The second kappa shape index (κ2) is 6.38. The van der Waals surface area contributed by atoms with Crippen molar-refractivity contribution in [1.29, 1.82) is 0 Å². The number of alkyl halides is 1. The molecule has 0 heterocycles. The van der Waals surface area contributed by atoms with Crippen LogP contribution in [0.2, 0.25) is 0 Å². The van der Waals surface area contributed by atoms with Gasteiger partial charge in [0.25, 0.3) is 0 Å². The summed E-state index contributed by atoms with van der Waals surface area (Å²) in [6, 6.07) is 8.52. The molecule has 0 spiro atoms. The number of aryl methyl sites for hydroxylation is 1. The first-order chi connectivity index (χ1) is 8.57. The lowest BCUT2D eigenvalue weighted by atomic mass is 10.0. The quantitative estimate of drug-likeness (QED) is 0.702. The Balaban J connectivity index is 1.90. The molecule has 1 aliphatic rings. The van der Waals surface area contributed by atoms with Gasteiger partial charge in [0.15, 0.2) is 7.65 Å². The van der Waals surface area contributed by atoms with Crippen molar-refractivity contribution in [1.82, 2.24) is 0 Å². The molecule has 1 aliphatic carbocycles. The summed E-state index contributed by atoms with van der Waals surface area (Å²) in [5.74, 6) is 0. The fraction of sp³-hybridized carbons (Fsp3) is 0.467. The van der Waals surface area contributed by atoms with Gasteiger partial charge in [0.05, 0.1) is 5.03 Å². The largest absolute Gasteiger partial charge is 0.350 e. The van der Waals surface area contributed by atoms with Crippen LogP contribution in [0.15, 0.2) is 33.4 Å². The first-order valence-corrected chi connectivity index (χ1v) is 9.01. The Morgan fingerprint density at radius 1 is 1.33 bits per heavy atom. The van der Waals surface area contributed by atoms with Gasteiger partial charge in [-0.15, -0.1) is 0 Å². The van der Waals surface area contributed by atoms with Crippen LogP contribution in [-0.2, 0) is 0 Å². The number of benzene rings is 1. The minimum Gasteiger partial charge on any atom is -0.243 e. The van der Waals surface area contributed by atoms with E-state index in [-0.39, 0.29) is 21.2 Å². The van der Waals surface area contributed by atoms with Crippen LogP contribution in [-0.4, -0.2) is 5.67 Å². The first-order valence-electron chi connectivity index (χ1n) is 6.31. The molecule has 0 saturated heterocycles. The smallest absolute Gasteiger partial charge is 0.243 e. The Labute approximate surface area is 124 Å². The number of allylic oxidation sites excluding steroid dienone is 1. The number of rotatable bonds is 4. The summed E-state index contributed by atoms with van der Waals surface area (Å²) in [5.41, 5.74) is 0.247. The van der Waals surface area contributed by atoms with Crippen molar-refractivity contribution in [3.8, 4) is 0 Å². The molecule has 98 valence electrons. The highest BCUT2D eigenvalue weighted by molar-refractivity contribution is 6.29. The molecule has 1 fully saturated rings. The highest BCUT2D eigenvalue weighted by Gasteiger charge is 2.34. The second-order valence-corrected chi connectivity index (χ2v) is 7.97. The van der Waals surface area contributed by atoms with E-state index in [1.165, 1.54) is 9.13 Å². The summed E-state index contributed by atoms with van der Waals surface area (Å²) >= 11 is 5.95. The van der Waals surface area contributed by atoms with Gasteiger partial charge < -0.3 is 0 Å². The lowest BCUT2D eigenvalue weighted by molar-refractivity contribution is -0.557. The van der Waals surface area contributed by atoms with Crippen LogP contribution in [0, 0.1) is 10.5 Å². The molecule has 1 saturated carbocycles. The molecule has 1 aromatic carbocycles. The lowest BCUT2D eigenvalue weighted by Crippen LogP contribution is -3.59. The van der Waals surface area contributed by atoms with E-state index in [1.54, 1.807) is 0 Å². The third-order valence-electron chi connectivity index (χ3n) is 3.30. The Morgan fingerprint density at radius 3 is 2.56 bits per heavy atom. The van der Waals surface area contributed by atoms with Crippen LogP contribution < -0.4 is 21.2 Å². The summed E-state index contributed by atoms with van der Waals surface area (Å²) in [6.45, 7) is 2.08. The summed E-state index contributed by atoms with van der Waals surface area (Å²) < 4.78 is 17.6. The molecule has 0 N–H and O–H groups in total. The number of hydrogen-bond donors (Lipinski definition) is 0. The molecule has 2 rings (SSSR count). The normalized spacial score (nSPS) is 19.2. The molecular weight excluding hydrogens is 362 g/mol. The highest BCUT2D eigenvalue weighted by Crippen LogP contribution is 2.38. The SMILES string of the molecule is Cc1ccc([I+]/C=C(/Cl)CC2(F)CCCC2)cc1. The predicted molar refractivity (Wildman–Crippen MR) is 70.7 cm³/mol. The molecule has 18 heavy (non-hydrogen) atoms. The molecule has 0 amide bonds. The van der Waals surface area contributed by atoms with Crippen molar-refractivity contribution < 1.29 is 25.6 Å². The summed E-state index contributed by atoms with van der Waals surface area (Å²) in [4.78, 5) is 0. The van der Waals surface area contributed by atoms with Crippen molar-refractivity contribution in [3.63, 3.8) is 0 Å². The van der Waals surface area contributed by atoms with Gasteiger partial charge in [0, 0.05) is 6.42 Å². The van der Waals surface area contributed by atoms with E-state index in [0.29, 0.717) is 24.3 Å². The molecule has 0 atom stereocenters. The van der Waals surface area contributed by atoms with Crippen molar-refractivity contribution >= 4 is 11.6 Å². The van der Waals surface area contributed by atoms with Crippen LogP contribution in [0.5, 0.6) is 0 Å². The minimum atomic E-state index is -1.02. The van der Waals surface area contributed by atoms with Gasteiger partial charge in [-0.1, -0.05) is 42.1 Å². The Bertz CT molecular complexity index is 419. The summed E-state index contributed by atoms with van der Waals surface area (Å²) in [7, 11) is 0. The van der Waals surface area contributed by atoms with E-state index in [9.17, 15) is 4.39 Å². The van der Waals surface area contributed by atoms with Crippen LogP contribution in [0.1, 0.15) is 37.7 Å². The highest BCUT2D eigenvalue weighted by atomic mass is 127. The van der Waals surface area contributed by atoms with Crippen molar-refractivity contribution in [2.75, 3.05) is 0 Å². The van der Waals surface area contributed by atoms with E-state index in [2.05, 4.69) is 35.3 Å². The molecule has 0 nitrogen and oxygen atoms in total. The molecule has 3 heteroatoms. The molecule has 0 radical (unpaired) electrons. The van der Waals surface area contributed by atoms with Crippen LogP contribution in [0.3, 0.4) is 0 Å². The van der Waals surface area contributed by atoms with Gasteiger partial charge in [0.2, 0.25) is 0 Å². The minimum absolute atomic E-state index is 0.232. The van der Waals surface area contributed by atoms with Crippen molar-refractivity contribution in [3.05, 3.63) is 42.5 Å². The Hall–Kier alpha value is -0.0900. The van der Waals surface area contributed by atoms with Gasteiger partial charge in [0.1, 0.15) is 5.67 Å². The Kier molecular flexibility index (Phi) is 5.07.